The van der Waals surface area contributed by atoms with Gasteiger partial charge >= 0.3 is 0 Å². The SMILES string of the molecule is CC(C(=O)Nc1cccc(S(=O)(=O)N2CCNC(=O)C2)c1)C1CNC1. The molecule has 1 unspecified atom stereocenters. The summed E-state index contributed by atoms with van der Waals surface area (Å²) in [6.07, 6.45) is 0. The molecular weight excluding hydrogens is 344 g/mol. The first-order valence-electron chi connectivity index (χ1n) is 8.26. The lowest BCUT2D eigenvalue weighted by molar-refractivity contribution is -0.123. The molecule has 25 heavy (non-hydrogen) atoms. The fourth-order valence-corrected chi connectivity index (χ4v) is 4.28. The van der Waals surface area contributed by atoms with E-state index >= 15 is 0 Å². The molecule has 3 N–H and O–H groups in total. The number of rotatable bonds is 5. The summed E-state index contributed by atoms with van der Waals surface area (Å²) in [4.78, 5) is 23.8. The van der Waals surface area contributed by atoms with Crippen molar-refractivity contribution in [1.29, 1.82) is 0 Å². The maximum atomic E-state index is 12.7. The molecule has 2 aliphatic heterocycles. The van der Waals surface area contributed by atoms with Gasteiger partial charge in [-0.15, -0.1) is 0 Å². The zero-order chi connectivity index (χ0) is 18.0. The van der Waals surface area contributed by atoms with Crippen LogP contribution in [0.15, 0.2) is 29.2 Å². The second-order valence-electron chi connectivity index (χ2n) is 6.41. The van der Waals surface area contributed by atoms with Crippen LogP contribution in [0.4, 0.5) is 5.69 Å². The fraction of sp³-hybridized carbons (Fsp3) is 0.500. The number of nitrogens with one attached hydrogen (secondary N) is 3. The molecular formula is C16H22N4O4S. The summed E-state index contributed by atoms with van der Waals surface area (Å²) in [6, 6.07) is 6.15. The lowest BCUT2D eigenvalue weighted by atomic mass is 9.88. The van der Waals surface area contributed by atoms with Crippen molar-refractivity contribution in [2.24, 2.45) is 11.8 Å². The molecule has 0 radical (unpaired) electrons. The van der Waals surface area contributed by atoms with E-state index in [2.05, 4.69) is 16.0 Å². The van der Waals surface area contributed by atoms with Crippen LogP contribution in [-0.2, 0) is 19.6 Å². The van der Waals surface area contributed by atoms with E-state index in [-0.39, 0.29) is 35.7 Å². The van der Waals surface area contributed by atoms with Crippen molar-refractivity contribution in [2.75, 3.05) is 38.0 Å². The predicted molar refractivity (Wildman–Crippen MR) is 92.4 cm³/mol. The molecule has 0 spiro atoms. The summed E-state index contributed by atoms with van der Waals surface area (Å²) in [5, 5.41) is 8.52. The zero-order valence-electron chi connectivity index (χ0n) is 14.0. The maximum Gasteiger partial charge on any atom is 0.243 e. The third-order valence-electron chi connectivity index (χ3n) is 4.68. The van der Waals surface area contributed by atoms with Crippen LogP contribution in [0.2, 0.25) is 0 Å². The minimum atomic E-state index is -3.77. The molecule has 0 saturated carbocycles. The topological polar surface area (TPSA) is 108 Å². The van der Waals surface area contributed by atoms with E-state index in [0.29, 0.717) is 18.2 Å². The smallest absolute Gasteiger partial charge is 0.243 e. The highest BCUT2D eigenvalue weighted by Crippen LogP contribution is 2.22. The monoisotopic (exact) mass is 366 g/mol. The van der Waals surface area contributed by atoms with Gasteiger partial charge in [0, 0.05) is 24.7 Å². The van der Waals surface area contributed by atoms with Gasteiger partial charge in [0.05, 0.1) is 11.4 Å². The number of benzene rings is 1. The summed E-state index contributed by atoms with van der Waals surface area (Å²) in [5.74, 6) is -0.285. The van der Waals surface area contributed by atoms with Crippen LogP contribution in [0.1, 0.15) is 6.92 Å². The molecule has 0 aliphatic carbocycles. The molecule has 136 valence electrons. The third kappa shape index (κ3) is 3.83. The van der Waals surface area contributed by atoms with E-state index in [1.807, 2.05) is 6.92 Å². The summed E-state index contributed by atoms with van der Waals surface area (Å²) < 4.78 is 26.5. The average molecular weight is 366 g/mol. The summed E-state index contributed by atoms with van der Waals surface area (Å²) in [6.45, 7) is 3.84. The van der Waals surface area contributed by atoms with Crippen LogP contribution in [0.25, 0.3) is 0 Å². The van der Waals surface area contributed by atoms with E-state index in [4.69, 9.17) is 0 Å². The summed E-state index contributed by atoms with van der Waals surface area (Å²) >= 11 is 0. The number of nitrogens with zero attached hydrogens (tertiary/aromatic N) is 1. The van der Waals surface area contributed by atoms with Gasteiger partial charge in [0.1, 0.15) is 0 Å². The highest BCUT2D eigenvalue weighted by atomic mass is 32.2. The standard InChI is InChI=1S/C16H22N4O4S/c1-11(12-8-17-9-12)16(22)19-13-3-2-4-14(7-13)25(23,24)20-6-5-18-15(21)10-20/h2-4,7,11-12,17H,5-6,8-10H2,1H3,(H,18,21)(H,19,22). The van der Waals surface area contributed by atoms with Gasteiger partial charge in [-0.2, -0.15) is 4.31 Å². The molecule has 9 heteroatoms. The van der Waals surface area contributed by atoms with Crippen LogP contribution >= 0.6 is 0 Å². The molecule has 0 bridgehead atoms. The first-order chi connectivity index (χ1) is 11.9. The molecule has 1 aromatic rings. The average Bonchev–Trinajstić information content (AvgIpc) is 2.53. The van der Waals surface area contributed by atoms with E-state index in [1.54, 1.807) is 12.1 Å². The fourth-order valence-electron chi connectivity index (χ4n) is 2.84. The van der Waals surface area contributed by atoms with Crippen LogP contribution < -0.4 is 16.0 Å². The van der Waals surface area contributed by atoms with E-state index in [0.717, 1.165) is 17.4 Å². The van der Waals surface area contributed by atoms with E-state index in [1.165, 1.54) is 12.1 Å². The van der Waals surface area contributed by atoms with E-state index < -0.39 is 10.0 Å². The number of hydrogen-bond acceptors (Lipinski definition) is 5. The van der Waals surface area contributed by atoms with Crippen LogP contribution in [0, 0.1) is 11.8 Å². The highest BCUT2D eigenvalue weighted by molar-refractivity contribution is 7.89. The van der Waals surface area contributed by atoms with Crippen molar-refractivity contribution in [3.63, 3.8) is 0 Å². The highest BCUT2D eigenvalue weighted by Gasteiger charge is 2.30. The van der Waals surface area contributed by atoms with Crippen LogP contribution in [-0.4, -0.2) is 57.3 Å². The molecule has 1 atom stereocenters. The van der Waals surface area contributed by atoms with Crippen molar-refractivity contribution in [3.05, 3.63) is 24.3 Å². The number of carbonyl (C=O) groups is 2. The molecule has 3 rings (SSSR count). The molecule has 2 heterocycles. The van der Waals surface area contributed by atoms with Crippen molar-refractivity contribution in [2.45, 2.75) is 11.8 Å². The second-order valence-corrected chi connectivity index (χ2v) is 8.35. The number of carbonyl (C=O) groups excluding carboxylic acids is 2. The van der Waals surface area contributed by atoms with Crippen molar-refractivity contribution >= 4 is 27.5 Å². The Kier molecular flexibility index (Phi) is 5.07. The molecule has 2 fully saturated rings. The zero-order valence-corrected chi connectivity index (χ0v) is 14.8. The molecule has 2 amide bonds. The van der Waals surface area contributed by atoms with Gasteiger partial charge in [0.2, 0.25) is 21.8 Å². The normalized spacial score (nSPS) is 20.4. The molecule has 1 aromatic carbocycles. The Morgan fingerprint density at radius 2 is 2.12 bits per heavy atom. The number of hydrogen-bond donors (Lipinski definition) is 3. The molecule has 8 nitrogen and oxygen atoms in total. The molecule has 0 aromatic heterocycles. The first-order valence-corrected chi connectivity index (χ1v) is 9.70. The Bertz CT molecular complexity index is 776. The minimum Gasteiger partial charge on any atom is -0.354 e. The maximum absolute atomic E-state index is 12.7. The van der Waals surface area contributed by atoms with Gasteiger partial charge in [0.25, 0.3) is 0 Å². The van der Waals surface area contributed by atoms with Crippen LogP contribution in [0.5, 0.6) is 0 Å². The van der Waals surface area contributed by atoms with Gasteiger partial charge in [-0.25, -0.2) is 8.42 Å². The van der Waals surface area contributed by atoms with Crippen LogP contribution in [0.3, 0.4) is 0 Å². The predicted octanol–water partition coefficient (Wildman–Crippen LogP) is -0.399. The largest absolute Gasteiger partial charge is 0.354 e. The second kappa shape index (κ2) is 7.11. The summed E-state index contributed by atoms with van der Waals surface area (Å²) in [7, 11) is -3.77. The third-order valence-corrected chi connectivity index (χ3v) is 6.52. The minimum absolute atomic E-state index is 0.0676. The van der Waals surface area contributed by atoms with Gasteiger partial charge in [-0.3, -0.25) is 9.59 Å². The Hall–Kier alpha value is -1.97. The van der Waals surface area contributed by atoms with Gasteiger partial charge in [-0.1, -0.05) is 13.0 Å². The Morgan fingerprint density at radius 3 is 2.76 bits per heavy atom. The lowest BCUT2D eigenvalue weighted by Crippen LogP contribution is -2.49. The number of sulfonamides is 1. The molecule has 2 saturated heterocycles. The Morgan fingerprint density at radius 1 is 1.36 bits per heavy atom. The van der Waals surface area contributed by atoms with Crippen molar-refractivity contribution in [1.82, 2.24) is 14.9 Å². The summed E-state index contributed by atoms with van der Waals surface area (Å²) in [5.41, 5.74) is 0.437. The molecule has 2 aliphatic rings. The number of piperazine rings is 1. The van der Waals surface area contributed by atoms with Gasteiger partial charge in [0.15, 0.2) is 0 Å². The van der Waals surface area contributed by atoms with Crippen molar-refractivity contribution < 1.29 is 18.0 Å². The van der Waals surface area contributed by atoms with E-state index in [9.17, 15) is 18.0 Å². The van der Waals surface area contributed by atoms with Gasteiger partial charge in [-0.05, 0) is 37.2 Å². The number of amides is 2. The first kappa shape index (κ1) is 17.8. The van der Waals surface area contributed by atoms with Gasteiger partial charge < -0.3 is 16.0 Å². The Balaban J connectivity index is 1.74. The number of anilines is 1. The quantitative estimate of drug-likeness (QED) is 0.657. The lowest BCUT2D eigenvalue weighted by Gasteiger charge is -2.31. The Labute approximate surface area is 147 Å². The van der Waals surface area contributed by atoms with Crippen molar-refractivity contribution in [3.8, 4) is 0 Å².